The van der Waals surface area contributed by atoms with Crippen LogP contribution in [-0.2, 0) is 4.74 Å². The Bertz CT molecular complexity index is 312. The van der Waals surface area contributed by atoms with Crippen molar-refractivity contribution in [1.29, 1.82) is 0 Å². The van der Waals surface area contributed by atoms with Crippen molar-refractivity contribution in [2.75, 3.05) is 6.54 Å². The molecule has 0 saturated heterocycles. The Hall–Kier alpha value is -0.770. The second-order valence-corrected chi connectivity index (χ2v) is 7.24. The van der Waals surface area contributed by atoms with Gasteiger partial charge in [-0.3, -0.25) is 0 Å². The first-order valence-electron chi connectivity index (χ1n) is 8.58. The third-order valence-corrected chi connectivity index (χ3v) is 4.15. The SMILES string of the molecule is CCCC(CC)NC1CCCC1CNC(=O)OC(C)(C)C. The molecule has 21 heavy (non-hydrogen) atoms. The van der Waals surface area contributed by atoms with Gasteiger partial charge in [0.2, 0.25) is 0 Å². The number of alkyl carbamates (subject to hydrolysis) is 1. The molecule has 0 heterocycles. The molecule has 0 spiro atoms. The van der Waals surface area contributed by atoms with Crippen LogP contribution in [0.25, 0.3) is 0 Å². The molecule has 0 aromatic rings. The lowest BCUT2D eigenvalue weighted by atomic mass is 10.0. The molecule has 124 valence electrons. The van der Waals surface area contributed by atoms with Gasteiger partial charge >= 0.3 is 6.09 Å². The number of hydrogen-bond donors (Lipinski definition) is 2. The largest absolute Gasteiger partial charge is 0.444 e. The molecule has 0 bridgehead atoms. The van der Waals surface area contributed by atoms with E-state index in [1.54, 1.807) is 0 Å². The van der Waals surface area contributed by atoms with Gasteiger partial charge in [0, 0.05) is 18.6 Å². The standard InChI is InChI=1S/C17H34N2O2/c1-6-9-14(7-2)19-15-11-8-10-13(15)12-18-16(20)21-17(3,4)5/h13-15,19H,6-12H2,1-5H3,(H,18,20). The number of carbonyl (C=O) groups excluding carboxylic acids is 1. The summed E-state index contributed by atoms with van der Waals surface area (Å²) in [6, 6.07) is 1.15. The van der Waals surface area contributed by atoms with E-state index in [1.807, 2.05) is 20.8 Å². The molecular formula is C17H34N2O2. The molecule has 3 atom stereocenters. The summed E-state index contributed by atoms with van der Waals surface area (Å²) in [6.07, 6.45) is 7.00. The Morgan fingerprint density at radius 1 is 1.29 bits per heavy atom. The molecule has 4 nitrogen and oxygen atoms in total. The van der Waals surface area contributed by atoms with E-state index >= 15 is 0 Å². The van der Waals surface area contributed by atoms with Gasteiger partial charge in [0.25, 0.3) is 0 Å². The van der Waals surface area contributed by atoms with Crippen LogP contribution in [0.3, 0.4) is 0 Å². The smallest absolute Gasteiger partial charge is 0.407 e. The van der Waals surface area contributed by atoms with E-state index in [9.17, 15) is 4.79 Å². The quantitative estimate of drug-likeness (QED) is 0.750. The number of carbonyl (C=O) groups is 1. The zero-order valence-electron chi connectivity index (χ0n) is 14.5. The number of rotatable bonds is 7. The Balaban J connectivity index is 2.38. The Labute approximate surface area is 130 Å². The van der Waals surface area contributed by atoms with Gasteiger partial charge in [-0.25, -0.2) is 4.79 Å². The molecule has 1 saturated carbocycles. The van der Waals surface area contributed by atoms with E-state index in [-0.39, 0.29) is 6.09 Å². The normalized spacial score (nSPS) is 23.9. The van der Waals surface area contributed by atoms with Crippen LogP contribution in [0, 0.1) is 5.92 Å². The highest BCUT2D eigenvalue weighted by atomic mass is 16.6. The predicted octanol–water partition coefficient (Wildman–Crippen LogP) is 3.85. The lowest BCUT2D eigenvalue weighted by Gasteiger charge is -2.27. The summed E-state index contributed by atoms with van der Waals surface area (Å²) in [5.41, 5.74) is -0.425. The minimum Gasteiger partial charge on any atom is -0.444 e. The highest BCUT2D eigenvalue weighted by molar-refractivity contribution is 5.67. The average molecular weight is 298 g/mol. The van der Waals surface area contributed by atoms with Gasteiger partial charge in [-0.15, -0.1) is 0 Å². The lowest BCUT2D eigenvalue weighted by Crippen LogP contribution is -2.44. The molecule has 1 amide bonds. The van der Waals surface area contributed by atoms with Crippen molar-refractivity contribution in [3.8, 4) is 0 Å². The molecule has 0 radical (unpaired) electrons. The fraction of sp³-hybridized carbons (Fsp3) is 0.941. The van der Waals surface area contributed by atoms with Crippen molar-refractivity contribution < 1.29 is 9.53 Å². The van der Waals surface area contributed by atoms with Crippen LogP contribution >= 0.6 is 0 Å². The van der Waals surface area contributed by atoms with Crippen molar-refractivity contribution in [1.82, 2.24) is 10.6 Å². The van der Waals surface area contributed by atoms with Gasteiger partial charge < -0.3 is 15.4 Å². The van der Waals surface area contributed by atoms with E-state index in [0.29, 0.717) is 18.0 Å². The first-order valence-corrected chi connectivity index (χ1v) is 8.58. The van der Waals surface area contributed by atoms with Gasteiger partial charge in [-0.2, -0.15) is 0 Å². The molecule has 4 heteroatoms. The third kappa shape index (κ3) is 7.16. The molecule has 0 aliphatic heterocycles. The van der Waals surface area contributed by atoms with Crippen molar-refractivity contribution in [2.24, 2.45) is 5.92 Å². The topological polar surface area (TPSA) is 50.4 Å². The summed E-state index contributed by atoms with van der Waals surface area (Å²) in [5.74, 6) is 0.531. The maximum Gasteiger partial charge on any atom is 0.407 e. The minimum absolute atomic E-state index is 0.297. The van der Waals surface area contributed by atoms with E-state index in [1.165, 1.54) is 38.5 Å². The Morgan fingerprint density at radius 2 is 2.00 bits per heavy atom. The zero-order chi connectivity index (χ0) is 15.9. The number of amides is 1. The highest BCUT2D eigenvalue weighted by Gasteiger charge is 2.29. The number of ether oxygens (including phenoxy) is 1. The van der Waals surface area contributed by atoms with Gasteiger partial charge in [-0.05, 0) is 52.4 Å². The fourth-order valence-electron chi connectivity index (χ4n) is 3.09. The maximum atomic E-state index is 11.7. The summed E-state index contributed by atoms with van der Waals surface area (Å²) in [5, 5.41) is 6.73. The first kappa shape index (κ1) is 18.3. The lowest BCUT2D eigenvalue weighted by molar-refractivity contribution is 0.0517. The summed E-state index contributed by atoms with van der Waals surface area (Å²) in [7, 11) is 0. The molecule has 3 unspecified atom stereocenters. The highest BCUT2D eigenvalue weighted by Crippen LogP contribution is 2.26. The van der Waals surface area contributed by atoms with Gasteiger partial charge in [0.15, 0.2) is 0 Å². The van der Waals surface area contributed by atoms with Crippen molar-refractivity contribution in [2.45, 2.75) is 90.8 Å². The van der Waals surface area contributed by atoms with Crippen molar-refractivity contribution >= 4 is 6.09 Å². The molecule has 2 N–H and O–H groups in total. The predicted molar refractivity (Wildman–Crippen MR) is 87.5 cm³/mol. The molecular weight excluding hydrogens is 264 g/mol. The number of nitrogens with one attached hydrogen (secondary N) is 2. The summed E-state index contributed by atoms with van der Waals surface area (Å²) < 4.78 is 5.30. The van der Waals surface area contributed by atoms with E-state index in [0.717, 1.165) is 6.54 Å². The van der Waals surface area contributed by atoms with Crippen molar-refractivity contribution in [3.63, 3.8) is 0 Å². The summed E-state index contributed by atoms with van der Waals surface area (Å²) in [6.45, 7) is 10.9. The average Bonchev–Trinajstić information content (AvgIpc) is 2.81. The summed E-state index contributed by atoms with van der Waals surface area (Å²) in [4.78, 5) is 11.7. The van der Waals surface area contributed by atoms with Crippen LogP contribution in [0.5, 0.6) is 0 Å². The zero-order valence-corrected chi connectivity index (χ0v) is 14.5. The maximum absolute atomic E-state index is 11.7. The minimum atomic E-state index is -0.425. The van der Waals surface area contributed by atoms with Crippen LogP contribution in [-0.4, -0.2) is 30.3 Å². The van der Waals surface area contributed by atoms with E-state index in [4.69, 9.17) is 4.74 Å². The molecule has 1 rings (SSSR count). The van der Waals surface area contributed by atoms with Crippen molar-refractivity contribution in [3.05, 3.63) is 0 Å². The van der Waals surface area contributed by atoms with E-state index in [2.05, 4.69) is 24.5 Å². The molecule has 1 aliphatic carbocycles. The van der Waals surface area contributed by atoms with Gasteiger partial charge in [-0.1, -0.05) is 26.7 Å². The third-order valence-electron chi connectivity index (χ3n) is 4.15. The molecule has 1 aliphatic rings. The second-order valence-electron chi connectivity index (χ2n) is 7.24. The van der Waals surface area contributed by atoms with Crippen LogP contribution in [0.4, 0.5) is 4.79 Å². The summed E-state index contributed by atoms with van der Waals surface area (Å²) >= 11 is 0. The van der Waals surface area contributed by atoms with Crippen LogP contribution in [0.1, 0.15) is 73.1 Å². The van der Waals surface area contributed by atoms with Crippen LogP contribution in [0.15, 0.2) is 0 Å². The fourth-order valence-corrected chi connectivity index (χ4v) is 3.09. The molecule has 1 fully saturated rings. The Kier molecular flexibility index (Phi) is 7.50. The second kappa shape index (κ2) is 8.62. The molecule has 0 aromatic heterocycles. The van der Waals surface area contributed by atoms with Crippen LogP contribution < -0.4 is 10.6 Å². The van der Waals surface area contributed by atoms with Crippen LogP contribution in [0.2, 0.25) is 0 Å². The first-order chi connectivity index (χ1) is 9.85. The monoisotopic (exact) mass is 298 g/mol. The van der Waals surface area contributed by atoms with E-state index < -0.39 is 5.60 Å². The molecule has 0 aromatic carbocycles. The Morgan fingerprint density at radius 3 is 2.57 bits per heavy atom. The number of hydrogen-bond acceptors (Lipinski definition) is 3. The van der Waals surface area contributed by atoms with Gasteiger partial charge in [0.05, 0.1) is 0 Å². The van der Waals surface area contributed by atoms with Gasteiger partial charge in [0.1, 0.15) is 5.60 Å².